The zero-order chi connectivity index (χ0) is 16.9. The maximum atomic E-state index is 12.5. The molecule has 1 fully saturated rings. The number of carbonyl (C=O) groups is 2. The van der Waals surface area contributed by atoms with Crippen LogP contribution < -0.4 is 0 Å². The monoisotopic (exact) mass is 327 g/mol. The molecular formula is C19H25N3O2. The first-order chi connectivity index (χ1) is 11.7. The van der Waals surface area contributed by atoms with E-state index in [2.05, 4.69) is 18.0 Å². The summed E-state index contributed by atoms with van der Waals surface area (Å²) < 4.78 is 0. The Labute approximate surface area is 142 Å². The number of hydrogen-bond donors (Lipinski definition) is 1. The van der Waals surface area contributed by atoms with Gasteiger partial charge in [0.05, 0.1) is 6.54 Å². The maximum absolute atomic E-state index is 12.5. The number of nitrogens with one attached hydrogen (secondary N) is 1. The Morgan fingerprint density at radius 3 is 2.92 bits per heavy atom. The highest BCUT2D eigenvalue weighted by Gasteiger charge is 2.24. The van der Waals surface area contributed by atoms with E-state index in [1.807, 2.05) is 29.3 Å². The van der Waals surface area contributed by atoms with Crippen molar-refractivity contribution in [3.63, 3.8) is 0 Å². The number of rotatable bonds is 5. The van der Waals surface area contributed by atoms with Gasteiger partial charge in [-0.25, -0.2) is 0 Å². The van der Waals surface area contributed by atoms with Gasteiger partial charge >= 0.3 is 0 Å². The zero-order valence-electron chi connectivity index (χ0n) is 14.3. The molecule has 1 N–H and O–H groups in total. The molecule has 3 rings (SSSR count). The van der Waals surface area contributed by atoms with Gasteiger partial charge in [0.25, 0.3) is 0 Å². The molecule has 128 valence electrons. The molecule has 2 heterocycles. The summed E-state index contributed by atoms with van der Waals surface area (Å²) in [5.41, 5.74) is 2.26. The largest absolute Gasteiger partial charge is 0.361 e. The number of carbonyl (C=O) groups excluding carboxylic acids is 2. The van der Waals surface area contributed by atoms with Crippen molar-refractivity contribution in [2.75, 3.05) is 26.2 Å². The summed E-state index contributed by atoms with van der Waals surface area (Å²) >= 11 is 0. The number of aromatic nitrogens is 1. The Morgan fingerprint density at radius 2 is 2.08 bits per heavy atom. The third kappa shape index (κ3) is 3.61. The van der Waals surface area contributed by atoms with Crippen LogP contribution in [0.3, 0.4) is 0 Å². The van der Waals surface area contributed by atoms with E-state index < -0.39 is 0 Å². The predicted molar refractivity (Wildman–Crippen MR) is 94.7 cm³/mol. The Morgan fingerprint density at radius 1 is 1.25 bits per heavy atom. The lowest BCUT2D eigenvalue weighted by atomic mass is 10.1. The molecule has 0 saturated carbocycles. The van der Waals surface area contributed by atoms with Crippen molar-refractivity contribution in [3.05, 3.63) is 36.0 Å². The van der Waals surface area contributed by atoms with Crippen molar-refractivity contribution < 1.29 is 9.59 Å². The summed E-state index contributed by atoms with van der Waals surface area (Å²) in [4.78, 5) is 31.6. The van der Waals surface area contributed by atoms with Crippen LogP contribution in [0.4, 0.5) is 0 Å². The highest BCUT2D eigenvalue weighted by Crippen LogP contribution is 2.19. The average Bonchev–Trinajstić information content (AvgIpc) is 2.91. The van der Waals surface area contributed by atoms with Crippen molar-refractivity contribution in [1.82, 2.24) is 14.8 Å². The third-order valence-electron chi connectivity index (χ3n) is 4.66. The first-order valence-corrected chi connectivity index (χ1v) is 8.79. The summed E-state index contributed by atoms with van der Waals surface area (Å²) in [5.74, 6) is 0.154. The highest BCUT2D eigenvalue weighted by atomic mass is 16.2. The molecule has 0 unspecified atom stereocenters. The van der Waals surface area contributed by atoms with Gasteiger partial charge in [-0.05, 0) is 30.9 Å². The lowest BCUT2D eigenvalue weighted by Gasteiger charge is -2.21. The summed E-state index contributed by atoms with van der Waals surface area (Å²) in [6.07, 6.45) is 4.95. The van der Waals surface area contributed by atoms with E-state index in [-0.39, 0.29) is 18.4 Å². The van der Waals surface area contributed by atoms with Crippen molar-refractivity contribution in [1.29, 1.82) is 0 Å². The number of aromatic amines is 1. The molecule has 2 amide bonds. The number of nitrogens with zero attached hydrogens (tertiary/aromatic N) is 2. The first-order valence-electron chi connectivity index (χ1n) is 8.79. The quantitative estimate of drug-likeness (QED) is 0.917. The Kier molecular flexibility index (Phi) is 5.18. The molecule has 0 radical (unpaired) electrons. The Balaban J connectivity index is 1.59. The Bertz CT molecular complexity index is 722. The smallest absolute Gasteiger partial charge is 0.242 e. The minimum atomic E-state index is 0.0759. The summed E-state index contributed by atoms with van der Waals surface area (Å²) in [6.45, 7) is 4.53. The van der Waals surface area contributed by atoms with Crippen molar-refractivity contribution in [3.8, 4) is 0 Å². The fraction of sp³-hybridized carbons (Fsp3) is 0.474. The van der Waals surface area contributed by atoms with E-state index in [1.165, 1.54) is 5.39 Å². The molecule has 24 heavy (non-hydrogen) atoms. The topological polar surface area (TPSA) is 56.4 Å². The molecule has 1 aromatic carbocycles. The molecule has 1 saturated heterocycles. The second kappa shape index (κ2) is 7.51. The highest BCUT2D eigenvalue weighted by molar-refractivity contribution is 5.86. The number of fused-ring (bicyclic) bond motifs is 1. The predicted octanol–water partition coefficient (Wildman–Crippen LogP) is 2.57. The van der Waals surface area contributed by atoms with Crippen molar-refractivity contribution >= 4 is 22.7 Å². The van der Waals surface area contributed by atoms with E-state index in [9.17, 15) is 9.59 Å². The van der Waals surface area contributed by atoms with Gasteiger partial charge in [-0.3, -0.25) is 9.59 Å². The van der Waals surface area contributed by atoms with Gasteiger partial charge in [-0.2, -0.15) is 0 Å². The van der Waals surface area contributed by atoms with Crippen LogP contribution in [0, 0.1) is 0 Å². The summed E-state index contributed by atoms with van der Waals surface area (Å²) in [5, 5.41) is 1.17. The van der Waals surface area contributed by atoms with Crippen LogP contribution in [0.25, 0.3) is 10.9 Å². The molecule has 2 aromatic rings. The van der Waals surface area contributed by atoms with Gasteiger partial charge in [0, 0.05) is 43.2 Å². The van der Waals surface area contributed by atoms with E-state index in [0.717, 1.165) is 37.0 Å². The van der Waals surface area contributed by atoms with E-state index in [4.69, 9.17) is 0 Å². The second-order valence-electron chi connectivity index (χ2n) is 6.41. The number of benzene rings is 1. The molecule has 0 atom stereocenters. The summed E-state index contributed by atoms with van der Waals surface area (Å²) in [6, 6.07) is 8.12. The van der Waals surface area contributed by atoms with Gasteiger partial charge in [0.1, 0.15) is 0 Å². The Hall–Kier alpha value is -2.30. The molecule has 5 nitrogen and oxygen atoms in total. The van der Waals surface area contributed by atoms with Crippen LogP contribution in [0.2, 0.25) is 0 Å². The summed E-state index contributed by atoms with van der Waals surface area (Å²) in [7, 11) is 0. The van der Waals surface area contributed by atoms with Crippen molar-refractivity contribution in [2.24, 2.45) is 0 Å². The average molecular weight is 327 g/mol. The maximum Gasteiger partial charge on any atom is 0.242 e. The first kappa shape index (κ1) is 16.6. The lowest BCUT2D eigenvalue weighted by molar-refractivity contribution is -0.138. The van der Waals surface area contributed by atoms with Gasteiger partial charge in [-0.1, -0.05) is 25.1 Å². The van der Waals surface area contributed by atoms with Crippen LogP contribution in [0.15, 0.2) is 30.5 Å². The van der Waals surface area contributed by atoms with Crippen LogP contribution in [0.5, 0.6) is 0 Å². The third-order valence-corrected chi connectivity index (χ3v) is 4.66. The fourth-order valence-corrected chi connectivity index (χ4v) is 3.38. The minimum absolute atomic E-state index is 0.0759. The van der Waals surface area contributed by atoms with Gasteiger partial charge in [0.15, 0.2) is 0 Å². The number of para-hydroxylation sites is 1. The van der Waals surface area contributed by atoms with Gasteiger partial charge in [-0.15, -0.1) is 0 Å². The van der Waals surface area contributed by atoms with Crippen molar-refractivity contribution in [2.45, 2.75) is 32.6 Å². The number of H-pyrrole nitrogens is 1. The minimum Gasteiger partial charge on any atom is -0.361 e. The van der Waals surface area contributed by atoms with Gasteiger partial charge in [0.2, 0.25) is 11.8 Å². The number of aryl methyl sites for hydroxylation is 1. The fourth-order valence-electron chi connectivity index (χ4n) is 3.38. The number of amides is 2. The number of hydrogen-bond acceptors (Lipinski definition) is 2. The van der Waals surface area contributed by atoms with Gasteiger partial charge < -0.3 is 14.8 Å². The molecule has 1 aliphatic heterocycles. The van der Waals surface area contributed by atoms with E-state index in [1.54, 1.807) is 4.90 Å². The lowest BCUT2D eigenvalue weighted by Crippen LogP contribution is -2.39. The molecular weight excluding hydrogens is 302 g/mol. The van der Waals surface area contributed by atoms with Crippen LogP contribution in [-0.2, 0) is 16.0 Å². The molecule has 0 aliphatic carbocycles. The van der Waals surface area contributed by atoms with E-state index in [0.29, 0.717) is 19.4 Å². The molecule has 0 bridgehead atoms. The molecule has 5 heteroatoms. The molecule has 0 spiro atoms. The van der Waals surface area contributed by atoms with Crippen LogP contribution in [0.1, 0.15) is 31.7 Å². The SMILES string of the molecule is CCCN1CCCN(C(=O)CCc2c[nH]c3ccccc23)CC1=O. The standard InChI is InChI=1S/C19H25N3O2/c1-2-10-21-11-5-12-22(14-19(21)24)18(23)9-8-15-13-20-17-7-4-3-6-16(15)17/h3-4,6-7,13,20H,2,5,8-12,14H2,1H3. The normalized spacial score (nSPS) is 15.8. The van der Waals surface area contributed by atoms with Crippen LogP contribution in [-0.4, -0.2) is 52.8 Å². The second-order valence-corrected chi connectivity index (χ2v) is 6.41. The zero-order valence-corrected chi connectivity index (χ0v) is 14.3. The molecule has 1 aromatic heterocycles. The van der Waals surface area contributed by atoms with E-state index >= 15 is 0 Å². The van der Waals surface area contributed by atoms with Crippen LogP contribution >= 0.6 is 0 Å². The molecule has 1 aliphatic rings.